The van der Waals surface area contributed by atoms with Crippen molar-refractivity contribution in [2.75, 3.05) is 0 Å². The smallest absolute Gasteiger partial charge is 0.389 e. The van der Waals surface area contributed by atoms with Gasteiger partial charge in [0.2, 0.25) is 0 Å². The lowest BCUT2D eigenvalue weighted by Gasteiger charge is -2.37. The monoisotopic (exact) mass is 236 g/mol. The van der Waals surface area contributed by atoms with Crippen LogP contribution in [-0.4, -0.2) is 16.9 Å². The zero-order valence-corrected chi connectivity index (χ0v) is 9.39. The Morgan fingerprint density at radius 2 is 1.81 bits per heavy atom. The van der Waals surface area contributed by atoms with Crippen molar-refractivity contribution in [3.8, 4) is 0 Å². The number of hydrogen-bond donors (Lipinski definition) is 1. The van der Waals surface area contributed by atoms with Gasteiger partial charge in [-0.3, -0.25) is 0 Å². The SMILES string of the molecule is OC1(CCC(F)(F)F)CCCC(C2CC2)C1. The highest BCUT2D eigenvalue weighted by molar-refractivity contribution is 4.92. The van der Waals surface area contributed by atoms with Crippen LogP contribution in [0.1, 0.15) is 51.4 Å². The summed E-state index contributed by atoms with van der Waals surface area (Å²) in [7, 11) is 0. The van der Waals surface area contributed by atoms with Gasteiger partial charge in [-0.2, -0.15) is 13.2 Å². The highest BCUT2D eigenvalue weighted by Gasteiger charge is 2.42. The fourth-order valence-electron chi connectivity index (χ4n) is 2.96. The van der Waals surface area contributed by atoms with Crippen LogP contribution in [-0.2, 0) is 0 Å². The standard InChI is InChI=1S/C12H19F3O/c13-12(14,15)7-6-11(16)5-1-2-10(8-11)9-3-4-9/h9-10,16H,1-8H2. The van der Waals surface area contributed by atoms with Crippen molar-refractivity contribution in [3.05, 3.63) is 0 Å². The minimum Gasteiger partial charge on any atom is -0.390 e. The number of hydrogen-bond acceptors (Lipinski definition) is 1. The molecule has 1 nitrogen and oxygen atoms in total. The van der Waals surface area contributed by atoms with Crippen LogP contribution >= 0.6 is 0 Å². The van der Waals surface area contributed by atoms with Gasteiger partial charge in [0.1, 0.15) is 0 Å². The molecule has 2 aliphatic rings. The second kappa shape index (κ2) is 4.21. The number of rotatable bonds is 3. The van der Waals surface area contributed by atoms with E-state index in [1.807, 2.05) is 0 Å². The molecule has 2 rings (SSSR count). The topological polar surface area (TPSA) is 20.2 Å². The van der Waals surface area contributed by atoms with Crippen molar-refractivity contribution in [3.63, 3.8) is 0 Å². The van der Waals surface area contributed by atoms with Gasteiger partial charge in [-0.15, -0.1) is 0 Å². The predicted molar refractivity (Wildman–Crippen MR) is 54.9 cm³/mol. The maximum atomic E-state index is 12.1. The van der Waals surface area contributed by atoms with Crippen molar-refractivity contribution in [1.82, 2.24) is 0 Å². The first-order valence-electron chi connectivity index (χ1n) is 6.17. The molecule has 0 saturated heterocycles. The van der Waals surface area contributed by atoms with Crippen LogP contribution in [0, 0.1) is 11.8 Å². The van der Waals surface area contributed by atoms with E-state index in [0.29, 0.717) is 24.7 Å². The third-order valence-electron chi connectivity index (χ3n) is 4.02. The Morgan fingerprint density at radius 3 is 2.38 bits per heavy atom. The van der Waals surface area contributed by atoms with Crippen LogP contribution in [0.25, 0.3) is 0 Å². The summed E-state index contributed by atoms with van der Waals surface area (Å²) in [6.07, 6.45) is 0.442. The summed E-state index contributed by atoms with van der Waals surface area (Å²) in [5.41, 5.74) is -1.04. The number of alkyl halides is 3. The zero-order chi connectivity index (χ0) is 11.8. The van der Waals surface area contributed by atoms with E-state index >= 15 is 0 Å². The lowest BCUT2D eigenvalue weighted by atomic mass is 9.74. The summed E-state index contributed by atoms with van der Waals surface area (Å²) >= 11 is 0. The lowest BCUT2D eigenvalue weighted by molar-refractivity contribution is -0.151. The van der Waals surface area contributed by atoms with E-state index in [2.05, 4.69) is 0 Å². The molecule has 94 valence electrons. The van der Waals surface area contributed by atoms with Crippen molar-refractivity contribution in [2.24, 2.45) is 11.8 Å². The highest BCUT2D eigenvalue weighted by atomic mass is 19.4. The predicted octanol–water partition coefficient (Wildman–Crippen LogP) is 3.66. The third kappa shape index (κ3) is 3.37. The average molecular weight is 236 g/mol. The second-order valence-corrected chi connectivity index (χ2v) is 5.53. The van der Waals surface area contributed by atoms with Crippen LogP contribution < -0.4 is 0 Å². The van der Waals surface area contributed by atoms with Gasteiger partial charge >= 0.3 is 6.18 Å². The molecule has 2 atom stereocenters. The van der Waals surface area contributed by atoms with Crippen LogP contribution in [0.15, 0.2) is 0 Å². The first kappa shape index (κ1) is 12.2. The maximum Gasteiger partial charge on any atom is 0.389 e. The van der Waals surface area contributed by atoms with Gasteiger partial charge in [0.15, 0.2) is 0 Å². The molecule has 0 radical (unpaired) electrons. The minimum absolute atomic E-state index is 0.111. The third-order valence-corrected chi connectivity index (χ3v) is 4.02. The van der Waals surface area contributed by atoms with E-state index in [0.717, 1.165) is 12.8 Å². The van der Waals surface area contributed by atoms with Crippen LogP contribution in [0.2, 0.25) is 0 Å². The molecule has 0 aromatic rings. The van der Waals surface area contributed by atoms with Crippen LogP contribution in [0.3, 0.4) is 0 Å². The van der Waals surface area contributed by atoms with E-state index in [9.17, 15) is 18.3 Å². The molecule has 0 spiro atoms. The van der Waals surface area contributed by atoms with Gasteiger partial charge in [-0.1, -0.05) is 6.42 Å². The number of halogens is 3. The van der Waals surface area contributed by atoms with Gasteiger partial charge in [-0.25, -0.2) is 0 Å². The zero-order valence-electron chi connectivity index (χ0n) is 9.39. The molecule has 2 saturated carbocycles. The Labute approximate surface area is 94.0 Å². The largest absolute Gasteiger partial charge is 0.390 e. The van der Waals surface area contributed by atoms with Crippen molar-refractivity contribution in [2.45, 2.75) is 63.1 Å². The maximum absolute atomic E-state index is 12.1. The van der Waals surface area contributed by atoms with Crippen LogP contribution in [0.4, 0.5) is 13.2 Å². The summed E-state index contributed by atoms with van der Waals surface area (Å²) in [5.74, 6) is 1.17. The molecule has 2 aliphatic carbocycles. The van der Waals surface area contributed by atoms with E-state index in [4.69, 9.17) is 0 Å². The summed E-state index contributed by atoms with van der Waals surface area (Å²) in [6, 6.07) is 0. The molecule has 0 heterocycles. The van der Waals surface area contributed by atoms with E-state index in [1.165, 1.54) is 12.8 Å². The molecule has 2 unspecified atom stereocenters. The summed E-state index contributed by atoms with van der Waals surface area (Å²) in [4.78, 5) is 0. The fraction of sp³-hybridized carbons (Fsp3) is 1.00. The molecule has 0 bridgehead atoms. The normalized spacial score (nSPS) is 36.4. The molecule has 4 heteroatoms. The summed E-state index contributed by atoms with van der Waals surface area (Å²) < 4.78 is 36.4. The van der Waals surface area contributed by atoms with Gasteiger partial charge in [-0.05, 0) is 50.4 Å². The first-order valence-corrected chi connectivity index (χ1v) is 6.17. The summed E-state index contributed by atoms with van der Waals surface area (Å²) in [6.45, 7) is 0. The molecule has 2 fully saturated rings. The minimum atomic E-state index is -4.14. The molecule has 0 aliphatic heterocycles. The van der Waals surface area contributed by atoms with Crippen molar-refractivity contribution in [1.29, 1.82) is 0 Å². The Morgan fingerprint density at radius 1 is 1.12 bits per heavy atom. The Kier molecular flexibility index (Phi) is 3.21. The Balaban J connectivity index is 1.85. The van der Waals surface area contributed by atoms with Crippen LogP contribution in [0.5, 0.6) is 0 Å². The van der Waals surface area contributed by atoms with E-state index < -0.39 is 18.2 Å². The summed E-state index contributed by atoms with van der Waals surface area (Å²) in [5, 5.41) is 10.2. The molecular formula is C12H19F3O. The van der Waals surface area contributed by atoms with Gasteiger partial charge in [0.25, 0.3) is 0 Å². The molecule has 1 N–H and O–H groups in total. The number of aliphatic hydroxyl groups is 1. The quantitative estimate of drug-likeness (QED) is 0.792. The fourth-order valence-corrected chi connectivity index (χ4v) is 2.96. The molecule has 0 aromatic carbocycles. The van der Waals surface area contributed by atoms with E-state index in [-0.39, 0.29) is 6.42 Å². The first-order chi connectivity index (χ1) is 7.38. The molecule has 0 amide bonds. The highest BCUT2D eigenvalue weighted by Crippen LogP contribution is 2.48. The molecular weight excluding hydrogens is 217 g/mol. The molecule has 0 aromatic heterocycles. The van der Waals surface area contributed by atoms with Gasteiger partial charge in [0.05, 0.1) is 5.60 Å². The van der Waals surface area contributed by atoms with E-state index in [1.54, 1.807) is 0 Å². The lowest BCUT2D eigenvalue weighted by Crippen LogP contribution is -2.37. The second-order valence-electron chi connectivity index (χ2n) is 5.53. The van der Waals surface area contributed by atoms with Gasteiger partial charge in [0, 0.05) is 6.42 Å². The van der Waals surface area contributed by atoms with Gasteiger partial charge < -0.3 is 5.11 Å². The van der Waals surface area contributed by atoms with Crippen molar-refractivity contribution >= 4 is 0 Å². The molecule has 16 heavy (non-hydrogen) atoms. The Hall–Kier alpha value is -0.250. The van der Waals surface area contributed by atoms with Crippen molar-refractivity contribution < 1.29 is 18.3 Å². The average Bonchev–Trinajstić information content (AvgIpc) is 2.97. The Bertz CT molecular complexity index is 247.